The topological polar surface area (TPSA) is 63.4 Å². The van der Waals surface area contributed by atoms with E-state index in [2.05, 4.69) is 6.58 Å². The van der Waals surface area contributed by atoms with Gasteiger partial charge in [0.1, 0.15) is 0 Å². The maximum absolute atomic E-state index is 12.2. The third-order valence-electron chi connectivity index (χ3n) is 2.52. The molecule has 0 aliphatic heterocycles. The molecule has 1 aromatic rings. The average Bonchev–Trinajstić information content (AvgIpc) is 2.28. The molecule has 0 saturated carbocycles. The highest BCUT2D eigenvalue weighted by Gasteiger charge is 2.20. The van der Waals surface area contributed by atoms with Gasteiger partial charge in [0.25, 0.3) is 0 Å². The van der Waals surface area contributed by atoms with E-state index in [0.29, 0.717) is 18.8 Å². The van der Waals surface area contributed by atoms with Gasteiger partial charge in [-0.15, -0.1) is 0 Å². The van der Waals surface area contributed by atoms with E-state index in [1.807, 2.05) is 13.8 Å². The lowest BCUT2D eigenvalue weighted by atomic mass is 10.2. The molecule has 0 amide bonds. The molecule has 100 valence electrons. The van der Waals surface area contributed by atoms with Crippen molar-refractivity contribution < 1.29 is 8.42 Å². The molecule has 4 nitrogen and oxygen atoms in total. The molecule has 0 atom stereocenters. The molecule has 2 N–H and O–H groups in total. The Hall–Kier alpha value is -1.33. The number of anilines is 1. The minimum absolute atomic E-state index is 0.00556. The average molecular weight is 268 g/mol. The third-order valence-corrected chi connectivity index (χ3v) is 4.39. The van der Waals surface area contributed by atoms with Crippen LogP contribution >= 0.6 is 0 Å². The Morgan fingerprint density at radius 2 is 1.89 bits per heavy atom. The largest absolute Gasteiger partial charge is 0.399 e. The fraction of sp³-hybridized carbons (Fsp3) is 0.385. The van der Waals surface area contributed by atoms with E-state index in [4.69, 9.17) is 5.73 Å². The molecule has 18 heavy (non-hydrogen) atoms. The lowest BCUT2D eigenvalue weighted by Gasteiger charge is -2.20. The molecule has 0 aromatic heterocycles. The molecule has 0 aliphatic rings. The van der Waals surface area contributed by atoms with Gasteiger partial charge in [-0.3, -0.25) is 0 Å². The number of sulfonamides is 1. The summed E-state index contributed by atoms with van der Waals surface area (Å²) >= 11 is 0. The van der Waals surface area contributed by atoms with Crippen LogP contribution in [0.4, 0.5) is 5.69 Å². The van der Waals surface area contributed by atoms with Crippen molar-refractivity contribution in [2.24, 2.45) is 0 Å². The van der Waals surface area contributed by atoms with Crippen LogP contribution in [-0.2, 0) is 15.8 Å². The summed E-state index contributed by atoms with van der Waals surface area (Å²) in [6, 6.07) is 6.89. The Morgan fingerprint density at radius 3 is 2.33 bits per heavy atom. The number of rotatable bonds is 6. The maximum atomic E-state index is 12.2. The second-order valence-electron chi connectivity index (χ2n) is 4.38. The number of nitrogens with zero attached hydrogens (tertiary/aromatic N) is 1. The fourth-order valence-corrected chi connectivity index (χ4v) is 3.23. The van der Waals surface area contributed by atoms with E-state index in [1.165, 1.54) is 4.31 Å². The van der Waals surface area contributed by atoms with E-state index in [1.54, 1.807) is 24.3 Å². The van der Waals surface area contributed by atoms with Crippen LogP contribution in [0.3, 0.4) is 0 Å². The first-order valence-corrected chi connectivity index (χ1v) is 7.42. The maximum Gasteiger partial charge on any atom is 0.218 e. The normalized spacial score (nSPS) is 11.7. The molecule has 1 rings (SSSR count). The van der Waals surface area contributed by atoms with Crippen LogP contribution in [0.15, 0.2) is 36.4 Å². The molecule has 0 radical (unpaired) electrons. The van der Waals surface area contributed by atoms with Crippen molar-refractivity contribution >= 4 is 15.7 Å². The number of benzene rings is 1. The minimum atomic E-state index is -3.30. The first-order chi connectivity index (χ1) is 8.35. The smallest absolute Gasteiger partial charge is 0.218 e. The molecule has 0 bridgehead atoms. The minimum Gasteiger partial charge on any atom is -0.399 e. The fourth-order valence-electron chi connectivity index (χ4n) is 1.62. The summed E-state index contributed by atoms with van der Waals surface area (Å²) in [5, 5.41) is 0. The van der Waals surface area contributed by atoms with Gasteiger partial charge in [-0.2, -0.15) is 4.31 Å². The van der Waals surface area contributed by atoms with E-state index in [9.17, 15) is 8.42 Å². The van der Waals surface area contributed by atoms with Crippen molar-refractivity contribution in [1.82, 2.24) is 4.31 Å². The lowest BCUT2D eigenvalue weighted by Crippen LogP contribution is -2.33. The van der Waals surface area contributed by atoms with Crippen LogP contribution in [0.5, 0.6) is 0 Å². The molecule has 0 aliphatic carbocycles. The van der Waals surface area contributed by atoms with Crippen LogP contribution < -0.4 is 5.73 Å². The summed E-state index contributed by atoms with van der Waals surface area (Å²) in [5.74, 6) is -0.00556. The standard InChI is InChI=1S/C13H20N2O2S/c1-4-15(9-11(2)3)18(16,17)10-12-5-7-13(14)8-6-12/h5-8H,2,4,9-10,14H2,1,3H3. The monoisotopic (exact) mass is 268 g/mol. The van der Waals surface area contributed by atoms with Gasteiger partial charge in [0.05, 0.1) is 5.75 Å². The molecule has 0 unspecified atom stereocenters. The van der Waals surface area contributed by atoms with E-state index >= 15 is 0 Å². The summed E-state index contributed by atoms with van der Waals surface area (Å²) in [4.78, 5) is 0. The quantitative estimate of drug-likeness (QED) is 0.634. The molecule has 5 heteroatoms. The van der Waals surface area contributed by atoms with E-state index in [0.717, 1.165) is 11.1 Å². The second kappa shape index (κ2) is 6.02. The Bertz CT molecular complexity index is 506. The van der Waals surface area contributed by atoms with Crippen LogP contribution in [-0.4, -0.2) is 25.8 Å². The van der Waals surface area contributed by atoms with Gasteiger partial charge in [0.15, 0.2) is 0 Å². The van der Waals surface area contributed by atoms with Crippen LogP contribution in [0.1, 0.15) is 19.4 Å². The predicted octanol–water partition coefficient (Wildman–Crippen LogP) is 2.00. The van der Waals surface area contributed by atoms with Crippen LogP contribution in [0, 0.1) is 0 Å². The summed E-state index contributed by atoms with van der Waals surface area (Å²) in [6.07, 6.45) is 0. The number of hydrogen-bond acceptors (Lipinski definition) is 3. The third kappa shape index (κ3) is 4.16. The van der Waals surface area contributed by atoms with E-state index < -0.39 is 10.0 Å². The van der Waals surface area contributed by atoms with Crippen LogP contribution in [0.2, 0.25) is 0 Å². The van der Waals surface area contributed by atoms with E-state index in [-0.39, 0.29) is 5.75 Å². The molecule has 0 heterocycles. The Kier molecular flexibility index (Phi) is 4.93. The van der Waals surface area contributed by atoms with Crippen molar-refractivity contribution in [2.75, 3.05) is 18.8 Å². The number of nitrogens with two attached hydrogens (primary N) is 1. The predicted molar refractivity (Wildman–Crippen MR) is 75.5 cm³/mol. The van der Waals surface area contributed by atoms with Crippen LogP contribution in [0.25, 0.3) is 0 Å². The molecule has 0 saturated heterocycles. The second-order valence-corrected chi connectivity index (χ2v) is 6.35. The van der Waals surface area contributed by atoms with Gasteiger partial charge in [0, 0.05) is 18.8 Å². The van der Waals surface area contributed by atoms with Gasteiger partial charge in [0.2, 0.25) is 10.0 Å². The highest BCUT2D eigenvalue weighted by Crippen LogP contribution is 2.13. The zero-order valence-corrected chi connectivity index (χ0v) is 11.7. The molecule has 0 fully saturated rings. The molecule has 1 aromatic carbocycles. The van der Waals surface area contributed by atoms with Gasteiger partial charge in [-0.05, 0) is 24.6 Å². The number of nitrogen functional groups attached to an aromatic ring is 1. The Morgan fingerprint density at radius 1 is 1.33 bits per heavy atom. The number of hydrogen-bond donors (Lipinski definition) is 1. The number of likely N-dealkylation sites (N-methyl/N-ethyl adjacent to an activating group) is 1. The Labute approximate surface area is 109 Å². The Balaban J connectivity index is 2.85. The van der Waals surface area contributed by atoms with Gasteiger partial charge < -0.3 is 5.73 Å². The highest BCUT2D eigenvalue weighted by atomic mass is 32.2. The van der Waals surface area contributed by atoms with Crippen molar-refractivity contribution in [3.63, 3.8) is 0 Å². The summed E-state index contributed by atoms with van der Waals surface area (Å²) in [7, 11) is -3.30. The zero-order chi connectivity index (χ0) is 13.8. The van der Waals surface area contributed by atoms with Crippen molar-refractivity contribution in [1.29, 1.82) is 0 Å². The summed E-state index contributed by atoms with van der Waals surface area (Å²) in [5.41, 5.74) is 7.77. The van der Waals surface area contributed by atoms with Crippen molar-refractivity contribution in [2.45, 2.75) is 19.6 Å². The molecular weight excluding hydrogens is 248 g/mol. The van der Waals surface area contributed by atoms with Gasteiger partial charge in [-0.1, -0.05) is 31.2 Å². The summed E-state index contributed by atoms with van der Waals surface area (Å²) < 4.78 is 25.8. The first kappa shape index (κ1) is 14.7. The zero-order valence-electron chi connectivity index (χ0n) is 10.9. The molecule has 0 spiro atoms. The van der Waals surface area contributed by atoms with Gasteiger partial charge in [-0.25, -0.2) is 8.42 Å². The lowest BCUT2D eigenvalue weighted by molar-refractivity contribution is 0.452. The van der Waals surface area contributed by atoms with Crippen molar-refractivity contribution in [3.05, 3.63) is 42.0 Å². The highest BCUT2D eigenvalue weighted by molar-refractivity contribution is 7.88. The first-order valence-electron chi connectivity index (χ1n) is 5.81. The van der Waals surface area contributed by atoms with Gasteiger partial charge >= 0.3 is 0 Å². The molecular formula is C13H20N2O2S. The van der Waals surface area contributed by atoms with Crippen molar-refractivity contribution in [3.8, 4) is 0 Å². The summed E-state index contributed by atoms with van der Waals surface area (Å²) in [6.45, 7) is 8.21. The SMILES string of the molecule is C=C(C)CN(CC)S(=O)(=O)Cc1ccc(N)cc1.